The van der Waals surface area contributed by atoms with Gasteiger partial charge in [0.15, 0.2) is 0 Å². The highest BCUT2D eigenvalue weighted by molar-refractivity contribution is 7.99. The van der Waals surface area contributed by atoms with Crippen molar-refractivity contribution in [3.8, 4) is 5.75 Å². The normalized spacial score (nSPS) is 11.7. The summed E-state index contributed by atoms with van der Waals surface area (Å²) >= 11 is 7.61. The van der Waals surface area contributed by atoms with E-state index in [1.165, 1.54) is 0 Å². The van der Waals surface area contributed by atoms with Crippen LogP contribution < -0.4 is 10.1 Å². The summed E-state index contributed by atoms with van der Waals surface area (Å²) in [5, 5.41) is 12.2. The number of carbonyl (C=O) groups excluding carboxylic acids is 1. The first-order valence-corrected chi connectivity index (χ1v) is 9.05. The fourth-order valence-electron chi connectivity index (χ4n) is 1.85. The van der Waals surface area contributed by atoms with Crippen LogP contribution in [0.25, 0.3) is 0 Å². The Labute approximate surface area is 145 Å². The molecule has 0 heterocycles. The summed E-state index contributed by atoms with van der Waals surface area (Å²) < 4.78 is 5.49. The third kappa shape index (κ3) is 8.13. The van der Waals surface area contributed by atoms with Gasteiger partial charge in [0.2, 0.25) is 5.91 Å². The Hall–Kier alpha value is -1.40. The van der Waals surface area contributed by atoms with Crippen LogP contribution in [0.15, 0.2) is 24.3 Å². The smallest absolute Gasteiger partial charge is 0.326 e. The van der Waals surface area contributed by atoms with Crippen molar-refractivity contribution < 1.29 is 19.4 Å². The molecule has 128 valence electrons. The van der Waals surface area contributed by atoms with Crippen molar-refractivity contribution in [3.05, 3.63) is 29.3 Å². The quantitative estimate of drug-likeness (QED) is 0.593. The minimum Gasteiger partial charge on any atom is -0.492 e. The van der Waals surface area contributed by atoms with Crippen molar-refractivity contribution in [3.63, 3.8) is 0 Å². The molecule has 1 aromatic rings. The number of nitrogens with one attached hydrogen (secondary N) is 1. The van der Waals surface area contributed by atoms with Crippen molar-refractivity contribution in [1.29, 1.82) is 0 Å². The number of halogens is 1. The van der Waals surface area contributed by atoms with Crippen molar-refractivity contribution in [2.75, 3.05) is 18.1 Å². The largest absolute Gasteiger partial charge is 0.492 e. The molecule has 1 rings (SSSR count). The third-order valence-corrected chi connectivity index (χ3v) is 4.28. The van der Waals surface area contributed by atoms with E-state index >= 15 is 0 Å². The molecule has 0 aromatic heterocycles. The lowest BCUT2D eigenvalue weighted by atomic mass is 10.2. The van der Waals surface area contributed by atoms with Gasteiger partial charge in [0.25, 0.3) is 0 Å². The van der Waals surface area contributed by atoms with Crippen LogP contribution in [0.2, 0.25) is 5.02 Å². The monoisotopic (exact) mass is 359 g/mol. The van der Waals surface area contributed by atoms with Gasteiger partial charge in [-0.05, 0) is 36.5 Å². The number of carboxylic acids is 1. The molecule has 1 unspecified atom stereocenters. The van der Waals surface area contributed by atoms with Gasteiger partial charge >= 0.3 is 5.97 Å². The van der Waals surface area contributed by atoms with Crippen LogP contribution in [-0.4, -0.2) is 41.1 Å². The highest BCUT2D eigenvalue weighted by Gasteiger charge is 2.19. The molecular weight excluding hydrogens is 338 g/mol. The predicted octanol–water partition coefficient (Wildman–Crippen LogP) is 3.21. The second-order valence-electron chi connectivity index (χ2n) is 4.83. The SMILES string of the molecule is CCSCCC(NC(=O)CCCOc1ccccc1Cl)C(=O)O. The Bertz CT molecular complexity index is 513. The molecule has 7 heteroatoms. The first kappa shape index (κ1) is 19.6. The Morgan fingerprint density at radius 3 is 2.78 bits per heavy atom. The maximum Gasteiger partial charge on any atom is 0.326 e. The molecule has 5 nitrogen and oxygen atoms in total. The fourth-order valence-corrected chi connectivity index (χ4v) is 2.73. The Morgan fingerprint density at radius 2 is 2.13 bits per heavy atom. The zero-order valence-corrected chi connectivity index (χ0v) is 14.7. The van der Waals surface area contributed by atoms with E-state index in [0.29, 0.717) is 36.0 Å². The summed E-state index contributed by atoms with van der Waals surface area (Å²) in [6.07, 6.45) is 1.14. The minimum absolute atomic E-state index is 0.217. The number of carbonyl (C=O) groups is 2. The Morgan fingerprint density at radius 1 is 1.39 bits per heavy atom. The van der Waals surface area contributed by atoms with Crippen LogP contribution in [-0.2, 0) is 9.59 Å². The highest BCUT2D eigenvalue weighted by Crippen LogP contribution is 2.23. The fraction of sp³-hybridized carbons (Fsp3) is 0.500. The van der Waals surface area contributed by atoms with Crippen LogP contribution in [0.3, 0.4) is 0 Å². The highest BCUT2D eigenvalue weighted by atomic mass is 35.5. The number of aliphatic carboxylic acids is 1. The van der Waals surface area contributed by atoms with Gasteiger partial charge in [-0.1, -0.05) is 30.7 Å². The zero-order chi connectivity index (χ0) is 17.1. The van der Waals surface area contributed by atoms with Gasteiger partial charge in [0.1, 0.15) is 11.8 Å². The summed E-state index contributed by atoms with van der Waals surface area (Å²) in [4.78, 5) is 22.9. The van der Waals surface area contributed by atoms with Crippen molar-refractivity contribution in [2.24, 2.45) is 0 Å². The number of carboxylic acid groups (broad SMARTS) is 1. The summed E-state index contributed by atoms with van der Waals surface area (Å²) in [5.41, 5.74) is 0. The van der Waals surface area contributed by atoms with Gasteiger partial charge in [-0.3, -0.25) is 4.79 Å². The van der Waals surface area contributed by atoms with E-state index in [-0.39, 0.29) is 12.3 Å². The third-order valence-electron chi connectivity index (χ3n) is 3.03. The number of amides is 1. The molecule has 0 spiro atoms. The van der Waals surface area contributed by atoms with Gasteiger partial charge in [-0.2, -0.15) is 11.8 Å². The van der Waals surface area contributed by atoms with Crippen molar-refractivity contribution >= 4 is 35.2 Å². The molecule has 0 radical (unpaired) electrons. The standard InChI is InChI=1S/C16H22ClNO4S/c1-2-23-11-9-13(16(20)21)18-15(19)8-5-10-22-14-7-4-3-6-12(14)17/h3-4,6-7,13H,2,5,8-11H2,1H3,(H,18,19)(H,20,21). The van der Waals surface area contributed by atoms with Crippen molar-refractivity contribution in [1.82, 2.24) is 5.32 Å². The Kier molecular flexibility index (Phi) is 9.55. The van der Waals surface area contributed by atoms with E-state index in [4.69, 9.17) is 21.4 Å². The number of thioether (sulfide) groups is 1. The van der Waals surface area contributed by atoms with Crippen LogP contribution in [0.5, 0.6) is 5.75 Å². The van der Waals surface area contributed by atoms with E-state index in [9.17, 15) is 9.59 Å². The summed E-state index contributed by atoms with van der Waals surface area (Å²) in [6.45, 7) is 2.36. The summed E-state index contributed by atoms with van der Waals surface area (Å²) in [7, 11) is 0. The zero-order valence-electron chi connectivity index (χ0n) is 13.1. The van der Waals surface area contributed by atoms with Crippen LogP contribution in [0.4, 0.5) is 0 Å². The topological polar surface area (TPSA) is 75.6 Å². The lowest BCUT2D eigenvalue weighted by Gasteiger charge is -2.14. The van der Waals surface area contributed by atoms with Crippen molar-refractivity contribution in [2.45, 2.75) is 32.2 Å². The molecule has 0 aliphatic heterocycles. The summed E-state index contributed by atoms with van der Waals surface area (Å²) in [6, 6.07) is 6.29. The molecule has 2 N–H and O–H groups in total. The first-order valence-electron chi connectivity index (χ1n) is 7.51. The lowest BCUT2D eigenvalue weighted by molar-refractivity contribution is -0.141. The van der Waals surface area contributed by atoms with Gasteiger partial charge in [0, 0.05) is 6.42 Å². The van der Waals surface area contributed by atoms with Gasteiger partial charge < -0.3 is 15.2 Å². The average Bonchev–Trinajstić information content (AvgIpc) is 2.52. The predicted molar refractivity (Wildman–Crippen MR) is 93.4 cm³/mol. The van der Waals surface area contributed by atoms with E-state index < -0.39 is 12.0 Å². The number of ether oxygens (including phenoxy) is 1. The second kappa shape index (κ2) is 11.2. The van der Waals surface area contributed by atoms with E-state index in [2.05, 4.69) is 5.32 Å². The molecule has 0 aliphatic rings. The number of hydrogen-bond donors (Lipinski definition) is 2. The number of para-hydroxylation sites is 1. The van der Waals surface area contributed by atoms with Crippen LogP contribution in [0.1, 0.15) is 26.2 Å². The lowest BCUT2D eigenvalue weighted by Crippen LogP contribution is -2.41. The molecule has 1 aromatic carbocycles. The maximum atomic E-state index is 11.8. The molecule has 0 saturated heterocycles. The maximum absolute atomic E-state index is 11.8. The average molecular weight is 360 g/mol. The van der Waals surface area contributed by atoms with Crippen LogP contribution >= 0.6 is 23.4 Å². The van der Waals surface area contributed by atoms with E-state index in [0.717, 1.165) is 5.75 Å². The molecular formula is C16H22ClNO4S. The number of hydrogen-bond acceptors (Lipinski definition) is 4. The summed E-state index contributed by atoms with van der Waals surface area (Å²) in [5.74, 6) is 0.946. The number of benzene rings is 1. The molecule has 1 amide bonds. The Balaban J connectivity index is 2.27. The molecule has 0 saturated carbocycles. The van der Waals surface area contributed by atoms with E-state index in [1.54, 1.807) is 23.9 Å². The molecule has 0 bridgehead atoms. The number of rotatable bonds is 11. The molecule has 0 fully saturated rings. The van der Waals surface area contributed by atoms with Crippen LogP contribution in [0, 0.1) is 0 Å². The first-order chi connectivity index (χ1) is 11.0. The molecule has 0 aliphatic carbocycles. The second-order valence-corrected chi connectivity index (χ2v) is 6.63. The molecule has 23 heavy (non-hydrogen) atoms. The van der Waals surface area contributed by atoms with Gasteiger partial charge in [-0.25, -0.2) is 4.79 Å². The molecule has 1 atom stereocenters. The van der Waals surface area contributed by atoms with E-state index in [1.807, 2.05) is 19.1 Å². The van der Waals surface area contributed by atoms with Gasteiger partial charge in [-0.15, -0.1) is 0 Å². The minimum atomic E-state index is -0.998. The van der Waals surface area contributed by atoms with Gasteiger partial charge in [0.05, 0.1) is 11.6 Å².